The van der Waals surface area contributed by atoms with E-state index in [2.05, 4.69) is 40.5 Å². The number of carboxylic acid groups (broad SMARTS) is 2. The maximum absolute atomic E-state index is 12.4. The first-order chi connectivity index (χ1) is 24.2. The van der Waals surface area contributed by atoms with Gasteiger partial charge in [0.15, 0.2) is 0 Å². The largest absolute Gasteiger partial charge is 1.00 e. The molecule has 2 aromatic heterocycles. The molecule has 4 aromatic rings. The maximum Gasteiger partial charge on any atom is 1.00 e. The number of rotatable bonds is 10. The zero-order chi connectivity index (χ0) is 39.0. The van der Waals surface area contributed by atoms with Crippen LogP contribution in [0.1, 0.15) is 33.8 Å². The number of hydrogen-bond donors (Lipinski definition) is 6. The summed E-state index contributed by atoms with van der Waals surface area (Å²) < 4.78 is 63.6. The van der Waals surface area contributed by atoms with Crippen molar-refractivity contribution in [3.8, 4) is 12.0 Å². The number of aromatic carboxylic acids is 2. The van der Waals surface area contributed by atoms with Crippen molar-refractivity contribution in [2.24, 2.45) is 0 Å². The van der Waals surface area contributed by atoms with Crippen LogP contribution in [0, 0.1) is 21.0 Å². The summed E-state index contributed by atoms with van der Waals surface area (Å²) in [6.45, 7) is 3.05. The average Bonchev–Trinajstić information content (AvgIpc) is 3.03. The van der Waals surface area contributed by atoms with E-state index in [4.69, 9.17) is 19.7 Å². The number of urea groups is 2. The Morgan fingerprint density at radius 1 is 0.642 bits per heavy atom. The van der Waals surface area contributed by atoms with Crippen molar-refractivity contribution in [1.29, 1.82) is 0 Å². The van der Waals surface area contributed by atoms with Crippen molar-refractivity contribution >= 4 is 101 Å². The molecule has 0 atom stereocenters. The minimum Gasteiger partial charge on any atom is -1.00 e. The molecule has 0 unspecified atom stereocenters. The van der Waals surface area contributed by atoms with Gasteiger partial charge in [0.2, 0.25) is 11.9 Å². The molecule has 0 saturated carbocycles. The molecule has 53 heavy (non-hydrogen) atoms. The summed E-state index contributed by atoms with van der Waals surface area (Å²) in [6, 6.07) is 4.92. The Balaban J connectivity index is 0.000000521. The number of benzene rings is 2. The van der Waals surface area contributed by atoms with Gasteiger partial charge in [-0.15, -0.1) is 0 Å². The summed E-state index contributed by atoms with van der Waals surface area (Å²) in [4.78, 5) is 68.1. The first-order valence-corrected chi connectivity index (χ1v) is 18.6. The molecule has 0 spiro atoms. The normalized spacial score (nSPS) is 10.7. The van der Waals surface area contributed by atoms with Gasteiger partial charge in [-0.05, 0) is 95.4 Å². The van der Waals surface area contributed by atoms with Crippen molar-refractivity contribution in [3.63, 3.8) is 0 Å². The number of hydrogen-bond acceptors (Lipinski definition) is 16. The van der Waals surface area contributed by atoms with Gasteiger partial charge in [0.25, 0.3) is 20.0 Å². The van der Waals surface area contributed by atoms with E-state index in [1.807, 2.05) is 45.2 Å². The van der Waals surface area contributed by atoms with E-state index in [9.17, 15) is 36.0 Å². The van der Waals surface area contributed by atoms with Gasteiger partial charge in [-0.3, -0.25) is 10.6 Å². The number of carbonyl (C=O) groups is 4. The number of nitrogens with zero attached hydrogens (tertiary/aromatic N) is 6. The Kier molecular flexibility index (Phi) is 16.4. The Morgan fingerprint density at radius 2 is 0.981 bits per heavy atom. The number of aryl methyl sites for hydroxylation is 2. The monoisotopic (exact) mass is 1010 g/mol. The van der Waals surface area contributed by atoms with Crippen molar-refractivity contribution < 1.29 is 86.7 Å². The predicted molar refractivity (Wildman–Crippen MR) is 194 cm³/mol. The van der Waals surface area contributed by atoms with Crippen LogP contribution in [-0.4, -0.2) is 95.2 Å². The Hall–Kier alpha value is -4.10. The Bertz CT molecular complexity index is 2140. The topological polar surface area (TPSA) is 321 Å². The second-order valence-corrected chi connectivity index (χ2v) is 15.2. The van der Waals surface area contributed by atoms with E-state index in [1.54, 1.807) is 9.44 Å². The molecule has 0 aliphatic rings. The van der Waals surface area contributed by atoms with Crippen LogP contribution in [0.15, 0.2) is 46.2 Å². The summed E-state index contributed by atoms with van der Waals surface area (Å²) in [5.74, 6) is -2.88. The molecule has 2 heterocycles. The van der Waals surface area contributed by atoms with Crippen LogP contribution in [-0.2, 0) is 20.0 Å². The third kappa shape index (κ3) is 13.1. The van der Waals surface area contributed by atoms with Gasteiger partial charge >= 0.3 is 65.6 Å². The van der Waals surface area contributed by atoms with Crippen molar-refractivity contribution in [2.45, 2.75) is 23.6 Å². The van der Waals surface area contributed by atoms with Crippen molar-refractivity contribution in [1.82, 2.24) is 39.3 Å². The molecule has 4 amide bonds. The molecular formula is C26H25I2N10NaO12S2. The maximum atomic E-state index is 12.4. The third-order valence-corrected chi connectivity index (χ3v) is 9.73. The number of amides is 4. The van der Waals surface area contributed by atoms with Crippen molar-refractivity contribution in [2.75, 3.05) is 24.9 Å². The van der Waals surface area contributed by atoms with Crippen LogP contribution in [0.25, 0.3) is 0 Å². The molecule has 0 bridgehead atoms. The molecule has 0 fully saturated rings. The van der Waals surface area contributed by atoms with Crippen LogP contribution < -0.4 is 59.1 Å². The van der Waals surface area contributed by atoms with Gasteiger partial charge in [-0.1, -0.05) is 0 Å². The number of aromatic nitrogens is 6. The van der Waals surface area contributed by atoms with Gasteiger partial charge in [-0.25, -0.2) is 45.5 Å². The van der Waals surface area contributed by atoms with Crippen LogP contribution in [0.5, 0.6) is 12.0 Å². The van der Waals surface area contributed by atoms with Crippen LogP contribution in [0.3, 0.4) is 0 Å². The summed E-state index contributed by atoms with van der Waals surface area (Å²) in [5, 5.41) is 22.5. The van der Waals surface area contributed by atoms with Gasteiger partial charge in [-0.2, -0.15) is 29.9 Å². The molecular weight excluding hydrogens is 985 g/mol. The first-order valence-electron chi connectivity index (χ1n) is 13.5. The number of sulfonamides is 2. The second kappa shape index (κ2) is 19.3. The Morgan fingerprint density at radius 3 is 1.28 bits per heavy atom. The minimum atomic E-state index is -4.45. The van der Waals surface area contributed by atoms with E-state index >= 15 is 0 Å². The molecule has 278 valence electrons. The number of ether oxygens (including phenoxy) is 2. The van der Waals surface area contributed by atoms with E-state index in [-0.39, 0.29) is 66.6 Å². The molecule has 2 aromatic carbocycles. The zero-order valence-electron chi connectivity index (χ0n) is 28.7. The van der Waals surface area contributed by atoms with Gasteiger partial charge in [0.1, 0.15) is 21.4 Å². The number of anilines is 2. The summed E-state index contributed by atoms with van der Waals surface area (Å²) in [6.07, 6.45) is 0. The SMILES string of the molecule is COc1nc(C)nc(NC(=O)NS(=O)(=O)c2cc(I)ccc2C(=O)O)n1.COc1nc(C)nc(NC(=O)NS(=O)(=O)c2cc(I)ccc2C(=O)O)n1.[H-].[Na+]. The summed E-state index contributed by atoms with van der Waals surface area (Å²) in [5.41, 5.74) is -0.938. The number of methoxy groups -OCH3 is 2. The van der Waals surface area contributed by atoms with E-state index < -0.39 is 65.0 Å². The predicted octanol–water partition coefficient (Wildman–Crippen LogP) is -0.880. The smallest absolute Gasteiger partial charge is 1.00 e. The molecule has 27 heteroatoms. The van der Waals surface area contributed by atoms with Gasteiger partial charge in [0, 0.05) is 7.14 Å². The minimum absolute atomic E-state index is 0. The fourth-order valence-electron chi connectivity index (χ4n) is 3.61. The van der Waals surface area contributed by atoms with E-state index in [0.29, 0.717) is 7.14 Å². The van der Waals surface area contributed by atoms with Crippen LogP contribution >= 0.6 is 45.2 Å². The number of carboxylic acids is 2. The quantitative estimate of drug-likeness (QED) is 0.0830. The van der Waals surface area contributed by atoms with Crippen LogP contribution in [0.4, 0.5) is 21.5 Å². The molecule has 4 rings (SSSR count). The van der Waals surface area contributed by atoms with Crippen molar-refractivity contribution in [3.05, 3.63) is 66.3 Å². The fourth-order valence-corrected chi connectivity index (χ4v) is 7.28. The van der Waals surface area contributed by atoms with E-state index in [0.717, 1.165) is 24.3 Å². The van der Waals surface area contributed by atoms with Crippen LogP contribution in [0.2, 0.25) is 0 Å². The first kappa shape index (κ1) is 45.1. The zero-order valence-corrected chi connectivity index (χ0v) is 35.6. The molecule has 0 aliphatic heterocycles. The summed E-state index contributed by atoms with van der Waals surface area (Å²) in [7, 11) is -6.28. The second-order valence-electron chi connectivity index (χ2n) is 9.40. The Labute approximate surface area is 350 Å². The third-order valence-electron chi connectivity index (χ3n) is 5.65. The number of halogens is 2. The number of carbonyl (C=O) groups excluding carboxylic acids is 2. The molecule has 0 aliphatic carbocycles. The molecule has 0 radical (unpaired) electrons. The van der Waals surface area contributed by atoms with Gasteiger partial charge < -0.3 is 21.1 Å². The molecule has 22 nitrogen and oxygen atoms in total. The molecule has 6 N–H and O–H groups in total. The number of nitrogens with one attached hydrogen (secondary N) is 4. The molecule has 0 saturated heterocycles. The average molecular weight is 1010 g/mol. The summed E-state index contributed by atoms with van der Waals surface area (Å²) >= 11 is 3.65. The van der Waals surface area contributed by atoms with E-state index in [1.165, 1.54) is 40.2 Å². The fraction of sp³-hybridized carbons (Fsp3) is 0.154. The standard InChI is InChI=1S/2C13H12IN5O6S.Na.H/c2*1-6-15-11(18-13(16-6)25-2)17-12(22)19-26(23,24)9-5-7(14)3-4-8(9)10(20)21;;/h2*3-5H,1-2H3,(H,20,21)(H2,15,16,17,18,19,22);;/q;;+1;-1. The van der Waals surface area contributed by atoms with Gasteiger partial charge in [0.05, 0.1) is 25.3 Å².